The Kier molecular flexibility index (Phi) is 5.76. The van der Waals surface area contributed by atoms with Crippen LogP contribution in [-0.2, 0) is 11.3 Å². The standard InChI is InChI=1S/C17H21N3O5/c1-11-7-15(20(22)23)16(24-4)8-14(11)18-17(21)10-19(3)9-13-6-5-12(2)25-13/h5-8H,9-10H2,1-4H3,(H,18,21). The van der Waals surface area contributed by atoms with Crippen LogP contribution >= 0.6 is 0 Å². The summed E-state index contributed by atoms with van der Waals surface area (Å²) < 4.78 is 10.5. The number of furan rings is 1. The molecule has 8 heteroatoms. The van der Waals surface area contributed by atoms with Gasteiger partial charge in [-0.2, -0.15) is 0 Å². The molecule has 1 N–H and O–H groups in total. The molecule has 0 aliphatic carbocycles. The van der Waals surface area contributed by atoms with E-state index >= 15 is 0 Å². The highest BCUT2D eigenvalue weighted by Crippen LogP contribution is 2.32. The second-order valence-electron chi connectivity index (χ2n) is 5.83. The molecule has 2 aromatic rings. The van der Waals surface area contributed by atoms with E-state index in [2.05, 4.69) is 5.32 Å². The minimum atomic E-state index is -0.517. The van der Waals surface area contributed by atoms with Crippen molar-refractivity contribution in [3.05, 3.63) is 51.5 Å². The Morgan fingerprint density at radius 2 is 2.08 bits per heavy atom. The molecule has 0 unspecified atom stereocenters. The molecule has 0 saturated heterocycles. The smallest absolute Gasteiger partial charge is 0.311 e. The van der Waals surface area contributed by atoms with Crippen molar-refractivity contribution in [3.63, 3.8) is 0 Å². The van der Waals surface area contributed by atoms with Crippen LogP contribution in [0.1, 0.15) is 17.1 Å². The second kappa shape index (κ2) is 7.80. The fourth-order valence-corrected chi connectivity index (χ4v) is 2.44. The van der Waals surface area contributed by atoms with Crippen LogP contribution in [0.25, 0.3) is 0 Å². The average Bonchev–Trinajstić information content (AvgIpc) is 2.93. The monoisotopic (exact) mass is 347 g/mol. The van der Waals surface area contributed by atoms with Gasteiger partial charge in [-0.25, -0.2) is 0 Å². The van der Waals surface area contributed by atoms with Crippen LogP contribution in [0.4, 0.5) is 11.4 Å². The third-order valence-electron chi connectivity index (χ3n) is 3.63. The number of nitrogens with one attached hydrogen (secondary N) is 1. The number of anilines is 1. The minimum Gasteiger partial charge on any atom is -0.490 e. The fraction of sp³-hybridized carbons (Fsp3) is 0.353. The van der Waals surface area contributed by atoms with E-state index < -0.39 is 4.92 Å². The molecule has 0 radical (unpaired) electrons. The van der Waals surface area contributed by atoms with Gasteiger partial charge in [-0.05, 0) is 38.6 Å². The number of nitro groups is 1. The molecule has 0 aliphatic heterocycles. The summed E-state index contributed by atoms with van der Waals surface area (Å²) in [7, 11) is 3.16. The van der Waals surface area contributed by atoms with Gasteiger partial charge < -0.3 is 14.5 Å². The Morgan fingerprint density at radius 3 is 2.64 bits per heavy atom. The lowest BCUT2D eigenvalue weighted by Crippen LogP contribution is -2.29. The van der Waals surface area contributed by atoms with E-state index in [0.29, 0.717) is 17.8 Å². The zero-order valence-corrected chi connectivity index (χ0v) is 14.7. The maximum Gasteiger partial charge on any atom is 0.311 e. The average molecular weight is 347 g/mol. The number of nitro benzene ring substituents is 1. The Balaban J connectivity index is 2.03. The molecule has 25 heavy (non-hydrogen) atoms. The van der Waals surface area contributed by atoms with Crippen LogP contribution in [0.2, 0.25) is 0 Å². The Hall–Kier alpha value is -2.87. The van der Waals surface area contributed by atoms with E-state index in [4.69, 9.17) is 9.15 Å². The summed E-state index contributed by atoms with van der Waals surface area (Å²) in [5.41, 5.74) is 0.933. The molecule has 1 aromatic heterocycles. The molecular weight excluding hydrogens is 326 g/mol. The zero-order valence-electron chi connectivity index (χ0n) is 14.7. The summed E-state index contributed by atoms with van der Waals surface area (Å²) in [6.45, 7) is 4.21. The molecule has 0 bridgehead atoms. The van der Waals surface area contributed by atoms with Gasteiger partial charge in [-0.15, -0.1) is 0 Å². The number of ether oxygens (including phenoxy) is 1. The molecule has 8 nitrogen and oxygen atoms in total. The van der Waals surface area contributed by atoms with Gasteiger partial charge in [0.15, 0.2) is 5.75 Å². The van der Waals surface area contributed by atoms with Crippen molar-refractivity contribution in [2.75, 3.05) is 26.0 Å². The van der Waals surface area contributed by atoms with Crippen LogP contribution in [0.3, 0.4) is 0 Å². The number of likely N-dealkylation sites (N-methyl/N-ethyl adjacent to an activating group) is 1. The largest absolute Gasteiger partial charge is 0.490 e. The van der Waals surface area contributed by atoms with Crippen molar-refractivity contribution in [1.82, 2.24) is 4.90 Å². The Labute approximate surface area is 145 Å². The topological polar surface area (TPSA) is 97.8 Å². The van der Waals surface area contributed by atoms with Crippen molar-refractivity contribution in [1.29, 1.82) is 0 Å². The first kappa shape index (κ1) is 18.5. The molecule has 0 aliphatic rings. The molecule has 2 rings (SSSR count). The molecule has 1 aromatic carbocycles. The van der Waals surface area contributed by atoms with E-state index in [0.717, 1.165) is 11.5 Å². The lowest BCUT2D eigenvalue weighted by Gasteiger charge is -2.16. The van der Waals surface area contributed by atoms with Gasteiger partial charge in [0, 0.05) is 17.8 Å². The van der Waals surface area contributed by atoms with Crippen molar-refractivity contribution < 1.29 is 18.9 Å². The molecular formula is C17H21N3O5. The molecule has 0 fully saturated rings. The van der Waals surface area contributed by atoms with Gasteiger partial charge in [0.1, 0.15) is 11.5 Å². The minimum absolute atomic E-state index is 0.102. The van der Waals surface area contributed by atoms with Crippen LogP contribution in [0.5, 0.6) is 5.75 Å². The fourth-order valence-electron chi connectivity index (χ4n) is 2.44. The van der Waals surface area contributed by atoms with Crippen LogP contribution in [-0.4, -0.2) is 36.4 Å². The molecule has 1 heterocycles. The van der Waals surface area contributed by atoms with Gasteiger partial charge >= 0.3 is 5.69 Å². The molecule has 0 saturated carbocycles. The number of rotatable bonds is 7. The van der Waals surface area contributed by atoms with Crippen LogP contribution < -0.4 is 10.1 Å². The zero-order chi connectivity index (χ0) is 18.6. The van der Waals surface area contributed by atoms with Crippen LogP contribution in [0.15, 0.2) is 28.7 Å². The number of nitrogens with zero attached hydrogens (tertiary/aromatic N) is 2. The number of hydrogen-bond donors (Lipinski definition) is 1. The first-order valence-electron chi connectivity index (χ1n) is 7.67. The first-order chi connectivity index (χ1) is 11.8. The summed E-state index contributed by atoms with van der Waals surface area (Å²) in [6.07, 6.45) is 0. The molecule has 1 amide bonds. The van der Waals surface area contributed by atoms with E-state index in [-0.39, 0.29) is 23.9 Å². The van der Waals surface area contributed by atoms with Gasteiger partial charge in [0.25, 0.3) is 0 Å². The molecule has 0 spiro atoms. The third kappa shape index (κ3) is 4.80. The number of hydrogen-bond acceptors (Lipinski definition) is 6. The summed E-state index contributed by atoms with van der Waals surface area (Å²) in [5, 5.41) is 13.8. The number of amides is 1. The first-order valence-corrected chi connectivity index (χ1v) is 7.67. The van der Waals surface area contributed by atoms with Crippen molar-refractivity contribution in [2.45, 2.75) is 20.4 Å². The normalized spacial score (nSPS) is 10.8. The number of aryl methyl sites for hydroxylation is 2. The summed E-state index contributed by atoms with van der Waals surface area (Å²) in [6, 6.07) is 6.58. The Morgan fingerprint density at radius 1 is 1.36 bits per heavy atom. The van der Waals surface area contributed by atoms with Gasteiger partial charge in [-0.3, -0.25) is 19.8 Å². The second-order valence-corrected chi connectivity index (χ2v) is 5.83. The highest BCUT2D eigenvalue weighted by molar-refractivity contribution is 5.93. The molecule has 0 atom stereocenters. The Bertz CT molecular complexity index is 785. The number of carbonyl (C=O) groups excluding carboxylic acids is 1. The van der Waals surface area contributed by atoms with Gasteiger partial charge in [-0.1, -0.05) is 0 Å². The van der Waals surface area contributed by atoms with Crippen molar-refractivity contribution >= 4 is 17.3 Å². The predicted molar refractivity (Wildman–Crippen MR) is 92.8 cm³/mol. The summed E-state index contributed by atoms with van der Waals surface area (Å²) in [4.78, 5) is 24.5. The van der Waals surface area contributed by atoms with E-state index in [1.807, 2.05) is 24.0 Å². The molecule has 134 valence electrons. The maximum atomic E-state index is 12.2. The van der Waals surface area contributed by atoms with E-state index in [1.54, 1.807) is 14.0 Å². The lowest BCUT2D eigenvalue weighted by molar-refractivity contribution is -0.385. The van der Waals surface area contributed by atoms with Crippen molar-refractivity contribution in [2.24, 2.45) is 0 Å². The number of benzene rings is 1. The maximum absolute atomic E-state index is 12.2. The summed E-state index contributed by atoms with van der Waals surface area (Å²) in [5.74, 6) is 1.47. The quantitative estimate of drug-likeness (QED) is 0.611. The predicted octanol–water partition coefficient (Wildman–Crippen LogP) is 2.88. The van der Waals surface area contributed by atoms with Crippen LogP contribution in [0, 0.1) is 24.0 Å². The lowest BCUT2D eigenvalue weighted by atomic mass is 10.1. The number of methoxy groups -OCH3 is 1. The van der Waals surface area contributed by atoms with Crippen molar-refractivity contribution in [3.8, 4) is 5.75 Å². The van der Waals surface area contributed by atoms with Gasteiger partial charge in [0.2, 0.25) is 5.91 Å². The van der Waals surface area contributed by atoms with Gasteiger partial charge in [0.05, 0.1) is 25.1 Å². The highest BCUT2D eigenvalue weighted by Gasteiger charge is 2.18. The number of carbonyl (C=O) groups is 1. The van der Waals surface area contributed by atoms with E-state index in [9.17, 15) is 14.9 Å². The third-order valence-corrected chi connectivity index (χ3v) is 3.63. The van der Waals surface area contributed by atoms with E-state index in [1.165, 1.54) is 19.2 Å². The SMILES string of the molecule is COc1cc(NC(=O)CN(C)Cc2ccc(C)o2)c(C)cc1[N+](=O)[O-]. The summed E-state index contributed by atoms with van der Waals surface area (Å²) >= 11 is 0. The highest BCUT2D eigenvalue weighted by atomic mass is 16.6.